The number of likely N-dealkylation sites (N-methyl/N-ethyl adjacent to an activating group) is 2. The molecule has 0 aliphatic heterocycles. The second-order valence-corrected chi connectivity index (χ2v) is 6.43. The molecule has 2 fully saturated rings. The fourth-order valence-corrected chi connectivity index (χ4v) is 4.40. The van der Waals surface area contributed by atoms with Gasteiger partial charge in [-0.25, -0.2) is 0 Å². The molecule has 18 heavy (non-hydrogen) atoms. The van der Waals surface area contributed by atoms with Crippen molar-refractivity contribution < 1.29 is 0 Å². The van der Waals surface area contributed by atoms with Gasteiger partial charge < -0.3 is 10.6 Å². The second-order valence-electron chi connectivity index (χ2n) is 6.43. The molecule has 0 unspecified atom stereocenters. The summed E-state index contributed by atoms with van der Waals surface area (Å²) in [5, 5.41) is 7.32. The second kappa shape index (κ2) is 7.49. The summed E-state index contributed by atoms with van der Waals surface area (Å²) in [5.41, 5.74) is 0. The Balaban J connectivity index is 1.97. The minimum Gasteiger partial charge on any atom is -0.315 e. The van der Waals surface area contributed by atoms with Gasteiger partial charge >= 0.3 is 0 Å². The minimum absolute atomic E-state index is 0.693. The molecule has 2 atom stereocenters. The van der Waals surface area contributed by atoms with E-state index in [1.807, 2.05) is 0 Å². The van der Waals surface area contributed by atoms with Crippen molar-refractivity contribution in [3.63, 3.8) is 0 Å². The van der Waals surface area contributed by atoms with Gasteiger partial charge in [0.05, 0.1) is 0 Å². The first-order valence-corrected chi connectivity index (χ1v) is 8.21. The number of hydrogen-bond acceptors (Lipinski definition) is 2. The van der Waals surface area contributed by atoms with E-state index in [0.717, 1.165) is 11.8 Å². The molecule has 2 aliphatic carbocycles. The summed E-state index contributed by atoms with van der Waals surface area (Å²) < 4.78 is 0. The molecule has 2 saturated carbocycles. The highest BCUT2D eigenvalue weighted by Gasteiger charge is 2.33. The molecule has 0 saturated heterocycles. The summed E-state index contributed by atoms with van der Waals surface area (Å²) in [7, 11) is 4.35. The Morgan fingerprint density at radius 1 is 0.611 bits per heavy atom. The lowest BCUT2D eigenvalue weighted by atomic mass is 9.74. The van der Waals surface area contributed by atoms with Gasteiger partial charge in [-0.1, -0.05) is 38.5 Å². The van der Waals surface area contributed by atoms with E-state index in [4.69, 9.17) is 0 Å². The van der Waals surface area contributed by atoms with Gasteiger partial charge in [-0.05, 0) is 51.6 Å². The first-order valence-electron chi connectivity index (χ1n) is 8.21. The molecule has 2 heteroatoms. The average molecular weight is 252 g/mol. The van der Waals surface area contributed by atoms with Gasteiger partial charge in [-0.2, -0.15) is 0 Å². The van der Waals surface area contributed by atoms with Gasteiger partial charge in [-0.15, -0.1) is 0 Å². The lowest BCUT2D eigenvalue weighted by molar-refractivity contribution is 0.170. The zero-order valence-corrected chi connectivity index (χ0v) is 12.4. The summed E-state index contributed by atoms with van der Waals surface area (Å²) in [5.74, 6) is 1.81. The Labute approximate surface area is 113 Å². The van der Waals surface area contributed by atoms with Crippen LogP contribution in [0.1, 0.15) is 64.2 Å². The first-order chi connectivity index (χ1) is 8.86. The van der Waals surface area contributed by atoms with Crippen molar-refractivity contribution in [3.05, 3.63) is 0 Å². The minimum atomic E-state index is 0.693. The van der Waals surface area contributed by atoms with Crippen LogP contribution in [0.2, 0.25) is 0 Å². The maximum absolute atomic E-state index is 3.66. The van der Waals surface area contributed by atoms with E-state index < -0.39 is 0 Å². The highest BCUT2D eigenvalue weighted by Crippen LogP contribution is 2.33. The molecule has 2 rings (SSSR count). The van der Waals surface area contributed by atoms with Crippen molar-refractivity contribution in [2.24, 2.45) is 11.8 Å². The quantitative estimate of drug-likeness (QED) is 0.784. The predicted octanol–water partition coefficient (Wildman–Crippen LogP) is 3.32. The molecule has 2 aliphatic rings. The molecule has 0 heterocycles. The average Bonchev–Trinajstić information content (AvgIpc) is 2.46. The van der Waals surface area contributed by atoms with Crippen LogP contribution < -0.4 is 10.6 Å². The first kappa shape index (κ1) is 14.3. The third kappa shape index (κ3) is 3.48. The Hall–Kier alpha value is -0.0800. The maximum atomic E-state index is 3.66. The molecule has 0 radical (unpaired) electrons. The Morgan fingerprint density at radius 3 is 1.22 bits per heavy atom. The zero-order chi connectivity index (χ0) is 12.8. The monoisotopic (exact) mass is 252 g/mol. The van der Waals surface area contributed by atoms with E-state index in [-0.39, 0.29) is 0 Å². The van der Waals surface area contributed by atoms with Crippen LogP contribution in [0.15, 0.2) is 0 Å². The van der Waals surface area contributed by atoms with Crippen LogP contribution in [0, 0.1) is 11.8 Å². The fraction of sp³-hybridized carbons (Fsp3) is 1.00. The van der Waals surface area contributed by atoms with E-state index in [1.165, 1.54) is 64.2 Å². The SMILES string of the molecule is CN[C@H](C1CCCCC1)[C@H](NC)C1CCCCC1. The summed E-state index contributed by atoms with van der Waals surface area (Å²) in [6.45, 7) is 0. The van der Waals surface area contributed by atoms with E-state index >= 15 is 0 Å². The lowest BCUT2D eigenvalue weighted by Crippen LogP contribution is -2.54. The normalized spacial score (nSPS) is 27.0. The van der Waals surface area contributed by atoms with Crippen LogP contribution in [-0.4, -0.2) is 26.2 Å². The van der Waals surface area contributed by atoms with Crippen molar-refractivity contribution in [1.82, 2.24) is 10.6 Å². The summed E-state index contributed by atoms with van der Waals surface area (Å²) in [6, 6.07) is 1.39. The molecule has 106 valence electrons. The van der Waals surface area contributed by atoms with Crippen molar-refractivity contribution in [2.75, 3.05) is 14.1 Å². The molecule has 0 bridgehead atoms. The summed E-state index contributed by atoms with van der Waals surface area (Å²) in [4.78, 5) is 0. The summed E-state index contributed by atoms with van der Waals surface area (Å²) >= 11 is 0. The Bertz CT molecular complexity index is 193. The number of nitrogens with one attached hydrogen (secondary N) is 2. The van der Waals surface area contributed by atoms with Gasteiger partial charge in [0, 0.05) is 12.1 Å². The van der Waals surface area contributed by atoms with Crippen LogP contribution >= 0.6 is 0 Å². The number of rotatable bonds is 5. The van der Waals surface area contributed by atoms with Crippen LogP contribution in [-0.2, 0) is 0 Å². The molecule has 2 N–H and O–H groups in total. The smallest absolute Gasteiger partial charge is 0.0248 e. The topological polar surface area (TPSA) is 24.1 Å². The molecule has 0 aromatic heterocycles. The third-order valence-electron chi connectivity index (χ3n) is 5.37. The standard InChI is InChI=1S/C16H32N2/c1-17-15(13-9-5-3-6-10-13)16(18-2)14-11-7-4-8-12-14/h13-18H,3-12H2,1-2H3/t15-,16-/m1/s1. The predicted molar refractivity (Wildman–Crippen MR) is 78.8 cm³/mol. The van der Waals surface area contributed by atoms with E-state index in [2.05, 4.69) is 24.7 Å². The zero-order valence-electron chi connectivity index (χ0n) is 12.4. The van der Waals surface area contributed by atoms with Crippen LogP contribution in [0.5, 0.6) is 0 Å². The number of hydrogen-bond donors (Lipinski definition) is 2. The van der Waals surface area contributed by atoms with Gasteiger partial charge in [0.25, 0.3) is 0 Å². The Kier molecular flexibility index (Phi) is 5.97. The van der Waals surface area contributed by atoms with Gasteiger partial charge in [0.15, 0.2) is 0 Å². The Morgan fingerprint density at radius 2 is 0.944 bits per heavy atom. The largest absolute Gasteiger partial charge is 0.315 e. The van der Waals surface area contributed by atoms with Crippen molar-refractivity contribution in [1.29, 1.82) is 0 Å². The molecule has 0 aromatic carbocycles. The van der Waals surface area contributed by atoms with Crippen molar-refractivity contribution in [2.45, 2.75) is 76.3 Å². The lowest BCUT2D eigenvalue weighted by Gasteiger charge is -2.40. The van der Waals surface area contributed by atoms with E-state index in [0.29, 0.717) is 12.1 Å². The fourth-order valence-electron chi connectivity index (χ4n) is 4.40. The highest BCUT2D eigenvalue weighted by molar-refractivity contribution is 4.92. The maximum Gasteiger partial charge on any atom is 0.0248 e. The molecule has 0 amide bonds. The summed E-state index contributed by atoms with van der Waals surface area (Å²) in [6.07, 6.45) is 14.5. The van der Waals surface area contributed by atoms with Crippen molar-refractivity contribution in [3.8, 4) is 0 Å². The molecule has 0 aromatic rings. The van der Waals surface area contributed by atoms with Crippen LogP contribution in [0.3, 0.4) is 0 Å². The third-order valence-corrected chi connectivity index (χ3v) is 5.37. The molecule has 2 nitrogen and oxygen atoms in total. The highest BCUT2D eigenvalue weighted by atomic mass is 15.0. The van der Waals surface area contributed by atoms with Crippen LogP contribution in [0.25, 0.3) is 0 Å². The van der Waals surface area contributed by atoms with Gasteiger partial charge in [0.1, 0.15) is 0 Å². The van der Waals surface area contributed by atoms with Gasteiger partial charge in [0.2, 0.25) is 0 Å². The molecular formula is C16H32N2. The van der Waals surface area contributed by atoms with E-state index in [9.17, 15) is 0 Å². The van der Waals surface area contributed by atoms with Gasteiger partial charge in [-0.3, -0.25) is 0 Å². The molecule has 0 spiro atoms. The molecular weight excluding hydrogens is 220 g/mol. The van der Waals surface area contributed by atoms with Crippen LogP contribution in [0.4, 0.5) is 0 Å². The van der Waals surface area contributed by atoms with Crippen molar-refractivity contribution >= 4 is 0 Å². The van der Waals surface area contributed by atoms with E-state index in [1.54, 1.807) is 0 Å².